The second-order valence-electron chi connectivity index (χ2n) is 2.58. The lowest BCUT2D eigenvalue weighted by molar-refractivity contribution is 0.463. The molecule has 14 heavy (non-hydrogen) atoms. The molecule has 0 radical (unpaired) electrons. The van der Waals surface area contributed by atoms with Crippen molar-refractivity contribution in [3.63, 3.8) is 0 Å². The van der Waals surface area contributed by atoms with Crippen LogP contribution in [0.1, 0.15) is 5.56 Å². The molecule has 0 aromatic heterocycles. The molecule has 1 aromatic rings. The van der Waals surface area contributed by atoms with E-state index in [9.17, 15) is 17.9 Å². The summed E-state index contributed by atoms with van der Waals surface area (Å²) in [6, 6.07) is 1.99. The molecule has 0 saturated heterocycles. The molecule has 78 valence electrons. The van der Waals surface area contributed by atoms with E-state index in [1.54, 1.807) is 0 Å². The zero-order valence-electron chi connectivity index (χ0n) is 6.67. The summed E-state index contributed by atoms with van der Waals surface area (Å²) < 4.78 is 34.3. The van der Waals surface area contributed by atoms with Crippen LogP contribution in [0.25, 0.3) is 0 Å². The molecule has 1 N–H and O–H groups in total. The van der Waals surface area contributed by atoms with Gasteiger partial charge in [0.25, 0.3) is 0 Å². The predicted octanol–water partition coefficient (Wildman–Crippen LogP) is 2.36. The van der Waals surface area contributed by atoms with E-state index in [0.29, 0.717) is 0 Å². The van der Waals surface area contributed by atoms with Gasteiger partial charge in [-0.1, -0.05) is 0 Å². The Morgan fingerprint density at radius 2 is 2.07 bits per heavy atom. The summed E-state index contributed by atoms with van der Waals surface area (Å²) in [4.78, 5) is 0. The monoisotopic (exact) mass is 302 g/mol. The SMILES string of the molecule is O=S(=O)(Cl)Cc1cc(Br)c(F)cc1O. The molecule has 7 heteroatoms. The number of aromatic hydroxyl groups is 1. The molecule has 1 aromatic carbocycles. The van der Waals surface area contributed by atoms with Crippen LogP contribution in [0.2, 0.25) is 0 Å². The fraction of sp³-hybridized carbons (Fsp3) is 0.143. The Morgan fingerprint density at radius 1 is 1.50 bits per heavy atom. The number of halogens is 3. The predicted molar refractivity (Wildman–Crippen MR) is 54.2 cm³/mol. The Bertz CT molecular complexity index is 460. The van der Waals surface area contributed by atoms with E-state index in [1.807, 2.05) is 0 Å². The van der Waals surface area contributed by atoms with Gasteiger partial charge in [-0.25, -0.2) is 12.8 Å². The van der Waals surface area contributed by atoms with Crippen molar-refractivity contribution in [3.05, 3.63) is 28.0 Å². The Morgan fingerprint density at radius 3 is 2.57 bits per heavy atom. The van der Waals surface area contributed by atoms with Crippen LogP contribution >= 0.6 is 26.6 Å². The fourth-order valence-corrected chi connectivity index (χ4v) is 2.23. The van der Waals surface area contributed by atoms with Crippen LogP contribution in [0, 0.1) is 5.82 Å². The first kappa shape index (κ1) is 11.7. The van der Waals surface area contributed by atoms with Gasteiger partial charge in [0, 0.05) is 22.3 Å². The maximum absolute atomic E-state index is 12.8. The first-order chi connectivity index (χ1) is 6.29. The van der Waals surface area contributed by atoms with Gasteiger partial charge in [-0.05, 0) is 22.0 Å². The van der Waals surface area contributed by atoms with Gasteiger partial charge in [-0.3, -0.25) is 0 Å². The third-order valence-corrected chi connectivity index (χ3v) is 3.04. The van der Waals surface area contributed by atoms with E-state index in [1.165, 1.54) is 6.07 Å². The van der Waals surface area contributed by atoms with Crippen LogP contribution in [0.5, 0.6) is 5.75 Å². The van der Waals surface area contributed by atoms with E-state index >= 15 is 0 Å². The van der Waals surface area contributed by atoms with Crippen LogP contribution in [0.3, 0.4) is 0 Å². The quantitative estimate of drug-likeness (QED) is 0.853. The fourth-order valence-electron chi connectivity index (χ4n) is 0.879. The van der Waals surface area contributed by atoms with Crippen molar-refractivity contribution in [2.45, 2.75) is 5.75 Å². The maximum atomic E-state index is 12.8. The highest BCUT2D eigenvalue weighted by Crippen LogP contribution is 2.27. The van der Waals surface area contributed by atoms with Gasteiger partial charge in [0.1, 0.15) is 11.6 Å². The number of phenolic OH excluding ortho intramolecular Hbond substituents is 1. The number of benzene rings is 1. The van der Waals surface area contributed by atoms with Crippen molar-refractivity contribution in [1.29, 1.82) is 0 Å². The minimum Gasteiger partial charge on any atom is -0.508 e. The molecule has 1 rings (SSSR count). The largest absolute Gasteiger partial charge is 0.508 e. The van der Waals surface area contributed by atoms with Crippen molar-refractivity contribution in [1.82, 2.24) is 0 Å². The van der Waals surface area contributed by atoms with Crippen LogP contribution in [0.4, 0.5) is 4.39 Å². The normalized spacial score (nSPS) is 11.6. The summed E-state index contributed by atoms with van der Waals surface area (Å²) in [6.45, 7) is 0. The summed E-state index contributed by atoms with van der Waals surface area (Å²) in [5.74, 6) is -1.65. The third kappa shape index (κ3) is 3.11. The van der Waals surface area contributed by atoms with Crippen molar-refractivity contribution in [2.75, 3.05) is 0 Å². The molecule has 0 fully saturated rings. The van der Waals surface area contributed by atoms with Crippen molar-refractivity contribution < 1.29 is 17.9 Å². The summed E-state index contributed by atoms with van der Waals surface area (Å²) in [6.07, 6.45) is 0. The van der Waals surface area contributed by atoms with Gasteiger partial charge in [0.05, 0.1) is 10.2 Å². The number of phenols is 1. The van der Waals surface area contributed by atoms with Gasteiger partial charge in [-0.2, -0.15) is 0 Å². The van der Waals surface area contributed by atoms with Crippen molar-refractivity contribution in [2.24, 2.45) is 0 Å². The Balaban J connectivity index is 3.17. The van der Waals surface area contributed by atoms with Crippen LogP contribution < -0.4 is 0 Å². The first-order valence-electron chi connectivity index (χ1n) is 3.39. The molecule has 0 amide bonds. The summed E-state index contributed by atoms with van der Waals surface area (Å²) >= 11 is 2.86. The third-order valence-electron chi connectivity index (χ3n) is 1.45. The van der Waals surface area contributed by atoms with Gasteiger partial charge in [-0.15, -0.1) is 0 Å². The molecule has 0 unspecified atom stereocenters. The summed E-state index contributed by atoms with van der Waals surface area (Å²) in [7, 11) is 1.22. The minimum atomic E-state index is -3.76. The van der Waals surface area contributed by atoms with Gasteiger partial charge in [0.2, 0.25) is 9.05 Å². The lowest BCUT2D eigenvalue weighted by atomic mass is 10.2. The highest BCUT2D eigenvalue weighted by atomic mass is 79.9. The lowest BCUT2D eigenvalue weighted by Crippen LogP contribution is -1.96. The van der Waals surface area contributed by atoms with Crippen molar-refractivity contribution in [3.8, 4) is 5.75 Å². The Labute approximate surface area is 93.1 Å². The van der Waals surface area contributed by atoms with Crippen LogP contribution in [-0.4, -0.2) is 13.5 Å². The second-order valence-corrected chi connectivity index (χ2v) is 6.21. The molecular weight excluding hydrogens is 298 g/mol. The molecule has 0 aliphatic carbocycles. The average molecular weight is 304 g/mol. The van der Waals surface area contributed by atoms with E-state index in [0.717, 1.165) is 6.07 Å². The second kappa shape index (κ2) is 4.04. The lowest BCUT2D eigenvalue weighted by Gasteiger charge is -2.03. The first-order valence-corrected chi connectivity index (χ1v) is 6.66. The summed E-state index contributed by atoms with van der Waals surface area (Å²) in [5, 5.41) is 9.20. The molecular formula is C7H5BrClFO3S. The standard InChI is InChI=1S/C7H5BrClFO3S/c8-5-1-4(3-14(9,12)13)7(11)2-6(5)10/h1-2,11H,3H2. The summed E-state index contributed by atoms with van der Waals surface area (Å²) in [5.41, 5.74) is 0.0493. The molecule has 0 saturated carbocycles. The minimum absolute atomic E-state index is 0.0493. The van der Waals surface area contributed by atoms with E-state index in [-0.39, 0.29) is 10.0 Å². The number of hydrogen-bond acceptors (Lipinski definition) is 3. The average Bonchev–Trinajstić information content (AvgIpc) is 1.97. The van der Waals surface area contributed by atoms with Crippen LogP contribution in [-0.2, 0) is 14.8 Å². The van der Waals surface area contributed by atoms with E-state index in [4.69, 9.17) is 10.7 Å². The van der Waals surface area contributed by atoms with Crippen LogP contribution in [0.15, 0.2) is 16.6 Å². The van der Waals surface area contributed by atoms with Gasteiger partial charge >= 0.3 is 0 Å². The Hall–Kier alpha value is -0.330. The molecule has 3 nitrogen and oxygen atoms in total. The Kier molecular flexibility index (Phi) is 3.39. The van der Waals surface area contributed by atoms with Gasteiger partial charge < -0.3 is 5.11 Å². The zero-order valence-corrected chi connectivity index (χ0v) is 9.83. The molecule has 0 atom stereocenters. The highest BCUT2D eigenvalue weighted by molar-refractivity contribution is 9.10. The molecule has 0 spiro atoms. The van der Waals surface area contributed by atoms with E-state index < -0.39 is 26.4 Å². The zero-order chi connectivity index (χ0) is 10.9. The molecule has 0 aliphatic heterocycles. The van der Waals surface area contributed by atoms with Gasteiger partial charge in [0.15, 0.2) is 0 Å². The number of hydrogen-bond donors (Lipinski definition) is 1. The smallest absolute Gasteiger partial charge is 0.236 e. The van der Waals surface area contributed by atoms with Crippen molar-refractivity contribution >= 4 is 35.7 Å². The molecule has 0 heterocycles. The topological polar surface area (TPSA) is 54.4 Å². The number of rotatable bonds is 2. The molecule has 0 aliphatic rings. The van der Waals surface area contributed by atoms with E-state index in [2.05, 4.69) is 15.9 Å². The molecule has 0 bridgehead atoms. The maximum Gasteiger partial charge on any atom is 0.236 e. The highest BCUT2D eigenvalue weighted by Gasteiger charge is 2.13.